The maximum absolute atomic E-state index is 13.3. The molecule has 0 aromatic heterocycles. The Morgan fingerprint density at radius 1 is 1.00 bits per heavy atom. The number of hydrogen-bond donors (Lipinski definition) is 2. The van der Waals surface area contributed by atoms with Crippen LogP contribution in [0.15, 0.2) is 30.3 Å². The minimum atomic E-state index is -0.844. The molecule has 1 aromatic rings. The van der Waals surface area contributed by atoms with E-state index >= 15 is 0 Å². The molecule has 1 aliphatic heterocycles. The predicted octanol–water partition coefficient (Wildman–Crippen LogP) is 2.95. The molecule has 2 N–H and O–H groups in total. The maximum Gasteiger partial charge on any atom is 0.408 e. The number of likely N-dealkylation sites (tertiary alicyclic amines) is 1. The minimum Gasteiger partial charge on any atom is -0.445 e. The Bertz CT molecular complexity index is 836. The van der Waals surface area contributed by atoms with Gasteiger partial charge < -0.3 is 20.3 Å². The first kappa shape index (κ1) is 24.7. The molecule has 8 nitrogen and oxygen atoms in total. The highest BCUT2D eigenvalue weighted by atomic mass is 16.5. The average Bonchev–Trinajstić information content (AvgIpc) is 3.31. The minimum absolute atomic E-state index is 0.0326. The molecule has 0 radical (unpaired) electrons. The van der Waals surface area contributed by atoms with Gasteiger partial charge in [-0.1, -0.05) is 63.4 Å². The van der Waals surface area contributed by atoms with Crippen molar-refractivity contribution in [3.05, 3.63) is 35.9 Å². The molecule has 33 heavy (non-hydrogen) atoms. The molecule has 0 bridgehead atoms. The molecule has 1 saturated carbocycles. The average molecular weight is 458 g/mol. The number of benzene rings is 1. The van der Waals surface area contributed by atoms with Crippen molar-refractivity contribution in [3.8, 4) is 0 Å². The van der Waals surface area contributed by atoms with E-state index in [-0.39, 0.29) is 24.5 Å². The summed E-state index contributed by atoms with van der Waals surface area (Å²) in [6, 6.07) is 7.67. The number of Topliss-reactive ketones (excluding diaryl/α,β-unsaturated/α-hetero) is 1. The molecule has 180 valence electrons. The van der Waals surface area contributed by atoms with Crippen LogP contribution in [0.3, 0.4) is 0 Å². The van der Waals surface area contributed by atoms with Crippen molar-refractivity contribution >= 4 is 23.7 Å². The van der Waals surface area contributed by atoms with Gasteiger partial charge in [-0.15, -0.1) is 0 Å². The number of rotatable bonds is 8. The molecule has 3 rings (SSSR count). The number of ketones is 1. The standard InChI is InChI=1S/C25H35N3O5/c1-17(2)21(27-25(32)33-16-18-10-5-3-6-11-18)24(31)28-15-9-14-20(28)22(29)23(30)26-19-12-7-4-8-13-19/h3,5-6,10-11,17,19-21H,4,7-9,12-16H2,1-2H3,(H,26,30)(H,27,32)/t20-,21-/m0/s1. The zero-order valence-corrected chi connectivity index (χ0v) is 19.5. The van der Waals surface area contributed by atoms with Crippen molar-refractivity contribution in [1.82, 2.24) is 15.5 Å². The van der Waals surface area contributed by atoms with Crippen LogP contribution >= 0.6 is 0 Å². The number of nitrogens with one attached hydrogen (secondary N) is 2. The first-order valence-electron chi connectivity index (χ1n) is 12.0. The van der Waals surface area contributed by atoms with E-state index in [2.05, 4.69) is 10.6 Å². The molecule has 1 heterocycles. The van der Waals surface area contributed by atoms with E-state index in [0.29, 0.717) is 19.4 Å². The number of nitrogens with zero attached hydrogens (tertiary/aromatic N) is 1. The van der Waals surface area contributed by atoms with Crippen molar-refractivity contribution in [2.24, 2.45) is 5.92 Å². The fourth-order valence-electron chi connectivity index (χ4n) is 4.54. The van der Waals surface area contributed by atoms with Crippen molar-refractivity contribution in [3.63, 3.8) is 0 Å². The summed E-state index contributed by atoms with van der Waals surface area (Å²) in [7, 11) is 0. The fraction of sp³-hybridized carbons (Fsp3) is 0.600. The summed E-state index contributed by atoms with van der Waals surface area (Å²) in [5, 5.41) is 5.51. The lowest BCUT2D eigenvalue weighted by Crippen LogP contribution is -2.55. The van der Waals surface area contributed by atoms with Crippen LogP contribution < -0.4 is 10.6 Å². The molecule has 1 aromatic carbocycles. The van der Waals surface area contributed by atoms with Gasteiger partial charge in [0.15, 0.2) is 0 Å². The molecule has 0 unspecified atom stereocenters. The van der Waals surface area contributed by atoms with E-state index in [9.17, 15) is 19.2 Å². The topological polar surface area (TPSA) is 105 Å². The maximum atomic E-state index is 13.3. The highest BCUT2D eigenvalue weighted by Gasteiger charge is 2.41. The lowest BCUT2D eigenvalue weighted by atomic mass is 9.95. The Morgan fingerprint density at radius 3 is 2.36 bits per heavy atom. The van der Waals surface area contributed by atoms with Crippen molar-refractivity contribution in [1.29, 1.82) is 0 Å². The number of carbonyl (C=O) groups is 4. The summed E-state index contributed by atoms with van der Waals surface area (Å²) in [5.41, 5.74) is 0.842. The molecule has 3 amide bonds. The van der Waals surface area contributed by atoms with Gasteiger partial charge in [0.1, 0.15) is 18.7 Å². The van der Waals surface area contributed by atoms with Gasteiger partial charge in [0.25, 0.3) is 5.91 Å². The molecular formula is C25H35N3O5. The molecule has 0 spiro atoms. The van der Waals surface area contributed by atoms with E-state index in [1.807, 2.05) is 44.2 Å². The van der Waals surface area contributed by atoms with Crippen LogP contribution in [0.5, 0.6) is 0 Å². The van der Waals surface area contributed by atoms with Gasteiger partial charge in [-0.05, 0) is 37.2 Å². The van der Waals surface area contributed by atoms with Gasteiger partial charge in [-0.3, -0.25) is 14.4 Å². The Balaban J connectivity index is 1.58. The number of carbonyl (C=O) groups excluding carboxylic acids is 4. The van der Waals surface area contributed by atoms with Crippen LogP contribution in [-0.4, -0.2) is 53.3 Å². The van der Waals surface area contributed by atoms with Gasteiger partial charge in [0.05, 0.1) is 0 Å². The van der Waals surface area contributed by atoms with Crippen LogP contribution in [0.25, 0.3) is 0 Å². The second-order valence-corrected chi connectivity index (χ2v) is 9.29. The molecular weight excluding hydrogens is 422 g/mol. The first-order chi connectivity index (χ1) is 15.9. The number of hydrogen-bond acceptors (Lipinski definition) is 5. The summed E-state index contributed by atoms with van der Waals surface area (Å²) < 4.78 is 5.27. The predicted molar refractivity (Wildman–Crippen MR) is 123 cm³/mol. The molecule has 2 fully saturated rings. The lowest BCUT2D eigenvalue weighted by molar-refractivity contribution is -0.145. The molecule has 1 saturated heterocycles. The van der Waals surface area contributed by atoms with E-state index < -0.39 is 29.9 Å². The van der Waals surface area contributed by atoms with Crippen LogP contribution in [0, 0.1) is 5.92 Å². The zero-order chi connectivity index (χ0) is 23.8. The Hall–Kier alpha value is -2.90. The molecule has 2 aliphatic rings. The SMILES string of the molecule is CC(C)[C@H](NC(=O)OCc1ccccc1)C(=O)N1CCC[C@H]1C(=O)C(=O)NC1CCCCC1. The van der Waals surface area contributed by atoms with Gasteiger partial charge in [0, 0.05) is 12.6 Å². The van der Waals surface area contributed by atoms with E-state index in [0.717, 1.165) is 37.7 Å². The number of amides is 3. The molecule has 2 atom stereocenters. The summed E-state index contributed by atoms with van der Waals surface area (Å²) in [6.07, 6.45) is 5.43. The second-order valence-electron chi connectivity index (χ2n) is 9.29. The normalized spacial score (nSPS) is 19.7. The van der Waals surface area contributed by atoms with Crippen LogP contribution in [0.1, 0.15) is 64.4 Å². The smallest absolute Gasteiger partial charge is 0.408 e. The summed E-state index contributed by atoms with van der Waals surface area (Å²) in [6.45, 7) is 4.12. The monoisotopic (exact) mass is 457 g/mol. The quantitative estimate of drug-likeness (QED) is 0.584. The van der Waals surface area contributed by atoms with E-state index in [4.69, 9.17) is 4.74 Å². The van der Waals surface area contributed by atoms with Gasteiger partial charge in [-0.2, -0.15) is 0 Å². The van der Waals surface area contributed by atoms with Crippen LogP contribution in [0.4, 0.5) is 4.79 Å². The number of ether oxygens (including phenoxy) is 1. The van der Waals surface area contributed by atoms with E-state index in [1.54, 1.807) is 0 Å². The van der Waals surface area contributed by atoms with Crippen LogP contribution in [0.2, 0.25) is 0 Å². The Labute approximate surface area is 195 Å². The summed E-state index contributed by atoms with van der Waals surface area (Å²) >= 11 is 0. The van der Waals surface area contributed by atoms with Gasteiger partial charge >= 0.3 is 6.09 Å². The summed E-state index contributed by atoms with van der Waals surface area (Å²) in [5.74, 6) is -1.75. The third kappa shape index (κ3) is 6.79. The Morgan fingerprint density at radius 2 is 1.70 bits per heavy atom. The van der Waals surface area contributed by atoms with Crippen molar-refractivity contribution < 1.29 is 23.9 Å². The van der Waals surface area contributed by atoms with Gasteiger partial charge in [-0.25, -0.2) is 4.79 Å². The zero-order valence-electron chi connectivity index (χ0n) is 19.5. The Kier molecular flexibility index (Phi) is 8.86. The third-order valence-electron chi connectivity index (χ3n) is 6.42. The highest BCUT2D eigenvalue weighted by molar-refractivity contribution is 6.38. The summed E-state index contributed by atoms with van der Waals surface area (Å²) in [4.78, 5) is 52.6. The highest BCUT2D eigenvalue weighted by Crippen LogP contribution is 2.22. The largest absolute Gasteiger partial charge is 0.445 e. The van der Waals surface area contributed by atoms with E-state index in [1.165, 1.54) is 4.90 Å². The fourth-order valence-corrected chi connectivity index (χ4v) is 4.54. The third-order valence-corrected chi connectivity index (χ3v) is 6.42. The molecule has 8 heteroatoms. The first-order valence-corrected chi connectivity index (χ1v) is 12.0. The lowest BCUT2D eigenvalue weighted by Gasteiger charge is -2.30. The van der Waals surface area contributed by atoms with Crippen molar-refractivity contribution in [2.45, 2.75) is 83.5 Å². The van der Waals surface area contributed by atoms with Gasteiger partial charge in [0.2, 0.25) is 11.7 Å². The van der Waals surface area contributed by atoms with Crippen LogP contribution in [-0.2, 0) is 25.7 Å². The second kappa shape index (κ2) is 11.8. The van der Waals surface area contributed by atoms with Crippen molar-refractivity contribution in [2.75, 3.05) is 6.54 Å². The number of alkyl carbamates (subject to hydrolysis) is 1. The molecule has 1 aliphatic carbocycles.